The van der Waals surface area contributed by atoms with Gasteiger partial charge >= 0.3 is 67.3 Å². The molecule has 0 aliphatic heterocycles. The van der Waals surface area contributed by atoms with E-state index in [1.807, 2.05) is 0 Å². The molecule has 9 nitrogen and oxygen atoms in total. The number of rotatable bonds is 0. The van der Waals surface area contributed by atoms with Gasteiger partial charge in [-0.15, -0.1) is 0 Å². The zero-order chi connectivity index (χ0) is 10.7. The largest absolute Gasteiger partial charge is 2.00 e. The van der Waals surface area contributed by atoms with E-state index < -0.39 is 23.7 Å². The summed E-state index contributed by atoms with van der Waals surface area (Å²) in [5.41, 5.74) is 0. The van der Waals surface area contributed by atoms with E-state index in [-0.39, 0.29) is 67.3 Å². The van der Waals surface area contributed by atoms with Crippen molar-refractivity contribution in [3.05, 3.63) is 0 Å². The first-order valence-electron chi connectivity index (χ1n) is 1.64. The van der Waals surface area contributed by atoms with E-state index in [0.717, 1.165) is 0 Å². The van der Waals surface area contributed by atoms with Gasteiger partial charge in [0.1, 0.15) is 0 Å². The van der Waals surface area contributed by atoms with Gasteiger partial charge in [0.2, 0.25) is 23.7 Å². The summed E-state index contributed by atoms with van der Waals surface area (Å²) < 4.78 is 50.9. The SMILES string of the molecule is O=P(=O)[O-].O=P(=O)[O-].O=P(=O)[O-].[Ca+2].[Na+]. The monoisotopic (exact) mass is 300 g/mol. The van der Waals surface area contributed by atoms with Gasteiger partial charge < -0.3 is 14.7 Å². The molecule has 0 atom stereocenters. The van der Waals surface area contributed by atoms with Crippen LogP contribution >= 0.6 is 23.7 Å². The van der Waals surface area contributed by atoms with Crippen LogP contribution in [0.2, 0.25) is 0 Å². The minimum atomic E-state index is -3.37. The molecule has 0 aliphatic carbocycles. The second-order valence-corrected chi connectivity index (χ2v) is 2.01. The Kier molecular flexibility index (Phi) is 51.3. The molecule has 0 amide bonds. The van der Waals surface area contributed by atoms with Gasteiger partial charge in [0, 0.05) is 0 Å². The van der Waals surface area contributed by atoms with E-state index in [2.05, 4.69) is 0 Å². The van der Waals surface area contributed by atoms with Gasteiger partial charge in [0.05, 0.1) is 0 Å². The Hall–Kier alpha value is 1.84. The average Bonchev–Trinajstić information content (AvgIpc) is 1.54. The fraction of sp³-hybridized carbons (Fsp3) is 0. The van der Waals surface area contributed by atoms with E-state index in [0.29, 0.717) is 0 Å². The van der Waals surface area contributed by atoms with Gasteiger partial charge in [-0.05, 0) is 0 Å². The van der Waals surface area contributed by atoms with Crippen LogP contribution in [0.1, 0.15) is 0 Å². The molecule has 0 saturated carbocycles. The summed E-state index contributed by atoms with van der Waals surface area (Å²) in [5, 5.41) is 0. The predicted molar refractivity (Wildman–Crippen MR) is 30.6 cm³/mol. The molecular weight excluding hydrogens is 300 g/mol. The van der Waals surface area contributed by atoms with Crippen LogP contribution in [0, 0.1) is 0 Å². The van der Waals surface area contributed by atoms with Gasteiger partial charge in [-0.1, -0.05) is 0 Å². The third-order valence-electron chi connectivity index (χ3n) is 0. The summed E-state index contributed by atoms with van der Waals surface area (Å²) in [7, 11) is -10.1. The van der Waals surface area contributed by atoms with E-state index in [1.54, 1.807) is 0 Å². The third-order valence-corrected chi connectivity index (χ3v) is 0. The predicted octanol–water partition coefficient (Wildman–Crippen LogP) is -5.07. The van der Waals surface area contributed by atoms with E-state index in [4.69, 9.17) is 42.1 Å². The van der Waals surface area contributed by atoms with Crippen molar-refractivity contribution in [1.82, 2.24) is 0 Å². The molecular formula is CaNaO9P3. The molecule has 0 aromatic carbocycles. The number of hydrogen-bond acceptors (Lipinski definition) is 9. The summed E-state index contributed by atoms with van der Waals surface area (Å²) in [6.07, 6.45) is 0. The topological polar surface area (TPSA) is 172 Å². The second-order valence-electron chi connectivity index (χ2n) is 0.671. The first kappa shape index (κ1) is 29.7. The standard InChI is InChI=1S/Ca.Na.3HO3P/c;;3*1-4(2)3/h;;3*(H,1,2,3)/q+2;+1;;;/p-3. The molecule has 14 heavy (non-hydrogen) atoms. The van der Waals surface area contributed by atoms with Crippen molar-refractivity contribution in [2.75, 3.05) is 0 Å². The maximum absolute atomic E-state index is 8.48. The zero-order valence-corrected chi connectivity index (χ0v) is 13.6. The normalized spacial score (nSPS) is 5.36. The van der Waals surface area contributed by atoms with Crippen molar-refractivity contribution in [3.63, 3.8) is 0 Å². The molecule has 0 radical (unpaired) electrons. The summed E-state index contributed by atoms with van der Waals surface area (Å²) >= 11 is 0. The molecule has 0 aromatic rings. The molecule has 0 spiro atoms. The first-order chi connectivity index (χ1) is 5.20. The summed E-state index contributed by atoms with van der Waals surface area (Å²) in [6.45, 7) is 0. The Bertz CT molecular complexity index is 213. The number of hydrogen-bond donors (Lipinski definition) is 0. The van der Waals surface area contributed by atoms with Gasteiger partial charge in [-0.25, -0.2) is 0 Å². The summed E-state index contributed by atoms with van der Waals surface area (Å²) in [6, 6.07) is 0. The van der Waals surface area contributed by atoms with Crippen LogP contribution in [0.3, 0.4) is 0 Å². The van der Waals surface area contributed by atoms with Crippen molar-refractivity contribution in [2.24, 2.45) is 0 Å². The van der Waals surface area contributed by atoms with Crippen LogP contribution in [0.25, 0.3) is 0 Å². The zero-order valence-electron chi connectivity index (χ0n) is 6.72. The maximum atomic E-state index is 8.48. The molecule has 0 fully saturated rings. The Balaban J connectivity index is -0.0000000270. The third kappa shape index (κ3) is 674. The molecule has 0 saturated heterocycles. The Morgan fingerprint density at radius 3 is 0.571 bits per heavy atom. The summed E-state index contributed by atoms with van der Waals surface area (Å²) in [5.74, 6) is 0. The van der Waals surface area contributed by atoms with Crippen LogP contribution in [0.15, 0.2) is 0 Å². The van der Waals surface area contributed by atoms with Gasteiger partial charge in [-0.2, -0.15) is 0 Å². The molecule has 0 heterocycles. The van der Waals surface area contributed by atoms with Gasteiger partial charge in [-0.3, -0.25) is 27.4 Å². The van der Waals surface area contributed by atoms with Crippen molar-refractivity contribution >= 4 is 61.5 Å². The van der Waals surface area contributed by atoms with E-state index in [1.165, 1.54) is 0 Å². The van der Waals surface area contributed by atoms with Crippen molar-refractivity contribution in [2.45, 2.75) is 0 Å². The smallest absolute Gasteiger partial charge is 0.744 e. The molecule has 0 N–H and O–H groups in total. The Morgan fingerprint density at radius 2 is 0.571 bits per heavy atom. The van der Waals surface area contributed by atoms with Crippen molar-refractivity contribution < 1.29 is 71.6 Å². The fourth-order valence-corrected chi connectivity index (χ4v) is 0. The minimum Gasteiger partial charge on any atom is -0.744 e. The minimum absolute atomic E-state index is 0. The molecule has 0 unspecified atom stereocenters. The Labute approximate surface area is 131 Å². The summed E-state index contributed by atoms with van der Waals surface area (Å²) in [4.78, 5) is 25.4. The Morgan fingerprint density at radius 1 is 0.571 bits per heavy atom. The van der Waals surface area contributed by atoms with Crippen LogP contribution in [0.4, 0.5) is 0 Å². The molecule has 0 aliphatic rings. The van der Waals surface area contributed by atoms with Crippen molar-refractivity contribution in [1.29, 1.82) is 0 Å². The van der Waals surface area contributed by atoms with E-state index >= 15 is 0 Å². The van der Waals surface area contributed by atoms with Crippen LogP contribution in [-0.4, -0.2) is 37.7 Å². The molecule has 72 valence electrons. The van der Waals surface area contributed by atoms with Crippen LogP contribution in [-0.2, 0) is 27.4 Å². The van der Waals surface area contributed by atoms with Crippen LogP contribution < -0.4 is 44.2 Å². The molecule has 0 aromatic heterocycles. The van der Waals surface area contributed by atoms with Gasteiger partial charge in [0.25, 0.3) is 0 Å². The fourth-order valence-electron chi connectivity index (χ4n) is 0. The molecule has 14 heteroatoms. The van der Waals surface area contributed by atoms with Crippen LogP contribution in [0.5, 0.6) is 0 Å². The molecule has 0 bridgehead atoms. The first-order valence-corrected chi connectivity index (χ1v) is 4.93. The maximum Gasteiger partial charge on any atom is 2.00 e. The quantitative estimate of drug-likeness (QED) is 0.313. The average molecular weight is 300 g/mol. The second kappa shape index (κ2) is 24.2. The molecule has 0 rings (SSSR count). The van der Waals surface area contributed by atoms with Gasteiger partial charge in [0.15, 0.2) is 0 Å². The van der Waals surface area contributed by atoms with Crippen molar-refractivity contribution in [3.8, 4) is 0 Å². The van der Waals surface area contributed by atoms with E-state index in [9.17, 15) is 0 Å².